The number of hydrogen-bond acceptors (Lipinski definition) is 4. The first-order valence-corrected chi connectivity index (χ1v) is 5.65. The van der Waals surface area contributed by atoms with E-state index in [0.29, 0.717) is 5.56 Å². The van der Waals surface area contributed by atoms with Gasteiger partial charge in [-0.15, -0.1) is 0 Å². The van der Waals surface area contributed by atoms with Crippen LogP contribution in [0.1, 0.15) is 17.3 Å². The zero-order chi connectivity index (χ0) is 12.6. The van der Waals surface area contributed by atoms with Crippen molar-refractivity contribution in [3.63, 3.8) is 0 Å². The van der Waals surface area contributed by atoms with Gasteiger partial charge in [-0.3, -0.25) is 4.79 Å². The molecule has 1 aliphatic rings. The maximum Gasteiger partial charge on any atom is 0.425 e. The summed E-state index contributed by atoms with van der Waals surface area (Å²) in [6, 6.07) is 5.62. The number of rotatable bonds is 1. The van der Waals surface area contributed by atoms with Gasteiger partial charge in [0.1, 0.15) is 6.04 Å². The molecule has 1 saturated heterocycles. The van der Waals surface area contributed by atoms with E-state index in [-0.39, 0.29) is 0 Å². The molecule has 0 radical (unpaired) electrons. The summed E-state index contributed by atoms with van der Waals surface area (Å²) < 4.78 is 5.19. The first kappa shape index (κ1) is 11.8. The molecule has 1 heterocycles. The molecule has 6 heteroatoms. The smallest absolute Gasteiger partial charge is 0.374 e. The van der Waals surface area contributed by atoms with Crippen molar-refractivity contribution in [2.45, 2.75) is 13.0 Å². The molecular formula is C11H8BrNO4. The molecular weight excluding hydrogens is 290 g/mol. The van der Waals surface area contributed by atoms with Crippen molar-refractivity contribution in [3.05, 3.63) is 34.3 Å². The standard InChI is InChI=1S/C11H8BrNO4/c1-6-10(15)17-11(16)13(6)9(14)7-2-4-8(12)5-3-7/h2-6H,1H3/t6-/m0/s1. The molecule has 1 fully saturated rings. The monoisotopic (exact) mass is 297 g/mol. The zero-order valence-electron chi connectivity index (χ0n) is 8.84. The number of amides is 2. The van der Waals surface area contributed by atoms with Crippen molar-refractivity contribution in [2.24, 2.45) is 0 Å². The maximum absolute atomic E-state index is 12.0. The van der Waals surface area contributed by atoms with Crippen molar-refractivity contribution >= 4 is 33.9 Å². The van der Waals surface area contributed by atoms with Crippen LogP contribution in [-0.4, -0.2) is 28.9 Å². The predicted octanol–water partition coefficient (Wildman–Crippen LogP) is 1.96. The van der Waals surface area contributed by atoms with E-state index in [9.17, 15) is 14.4 Å². The van der Waals surface area contributed by atoms with Crippen LogP contribution in [0.15, 0.2) is 28.7 Å². The lowest BCUT2D eigenvalue weighted by molar-refractivity contribution is -0.135. The van der Waals surface area contributed by atoms with Crippen LogP contribution in [-0.2, 0) is 9.53 Å². The van der Waals surface area contributed by atoms with E-state index in [1.54, 1.807) is 24.3 Å². The highest BCUT2D eigenvalue weighted by molar-refractivity contribution is 9.10. The Morgan fingerprint density at radius 1 is 1.29 bits per heavy atom. The number of esters is 1. The van der Waals surface area contributed by atoms with Gasteiger partial charge in [0.05, 0.1) is 0 Å². The molecule has 0 aliphatic carbocycles. The van der Waals surface area contributed by atoms with Crippen LogP contribution in [0.5, 0.6) is 0 Å². The molecule has 0 unspecified atom stereocenters. The number of halogens is 1. The second kappa shape index (κ2) is 4.29. The van der Waals surface area contributed by atoms with Crippen LogP contribution in [0.25, 0.3) is 0 Å². The topological polar surface area (TPSA) is 63.7 Å². The van der Waals surface area contributed by atoms with Gasteiger partial charge in [0.2, 0.25) is 0 Å². The minimum Gasteiger partial charge on any atom is -0.374 e. The Kier molecular flexibility index (Phi) is 2.97. The minimum absolute atomic E-state index is 0.326. The molecule has 2 rings (SSSR count). The first-order chi connectivity index (χ1) is 8.00. The molecule has 0 saturated carbocycles. The summed E-state index contributed by atoms with van der Waals surface area (Å²) in [7, 11) is 0. The number of benzene rings is 1. The second-order valence-corrected chi connectivity index (χ2v) is 4.46. The number of cyclic esters (lactones) is 2. The zero-order valence-corrected chi connectivity index (χ0v) is 10.4. The van der Waals surface area contributed by atoms with E-state index < -0.39 is 24.0 Å². The molecule has 88 valence electrons. The van der Waals surface area contributed by atoms with Crippen LogP contribution < -0.4 is 0 Å². The highest BCUT2D eigenvalue weighted by atomic mass is 79.9. The highest BCUT2D eigenvalue weighted by Crippen LogP contribution is 2.18. The summed E-state index contributed by atoms with van der Waals surface area (Å²) in [5.41, 5.74) is 0.326. The van der Waals surface area contributed by atoms with Gasteiger partial charge in [0.15, 0.2) is 0 Å². The summed E-state index contributed by atoms with van der Waals surface area (Å²) >= 11 is 3.24. The second-order valence-electron chi connectivity index (χ2n) is 3.55. The van der Waals surface area contributed by atoms with E-state index in [0.717, 1.165) is 9.37 Å². The third kappa shape index (κ3) is 2.08. The fraction of sp³-hybridized carbons (Fsp3) is 0.182. The fourth-order valence-electron chi connectivity index (χ4n) is 1.47. The summed E-state index contributed by atoms with van der Waals surface area (Å²) in [6.45, 7) is 1.45. The first-order valence-electron chi connectivity index (χ1n) is 4.85. The van der Waals surface area contributed by atoms with Gasteiger partial charge >= 0.3 is 12.1 Å². The molecule has 1 atom stereocenters. The molecule has 17 heavy (non-hydrogen) atoms. The van der Waals surface area contributed by atoms with E-state index in [2.05, 4.69) is 20.7 Å². The quantitative estimate of drug-likeness (QED) is 0.587. The Bertz CT molecular complexity index is 497. The SMILES string of the molecule is C[C@H]1C(=O)OC(=O)N1C(=O)c1ccc(Br)cc1. The predicted molar refractivity (Wildman–Crippen MR) is 61.3 cm³/mol. The fourth-order valence-corrected chi connectivity index (χ4v) is 1.74. The number of hydrogen-bond donors (Lipinski definition) is 0. The molecule has 0 aromatic heterocycles. The minimum atomic E-state index is -0.921. The molecule has 5 nitrogen and oxygen atoms in total. The van der Waals surface area contributed by atoms with Crippen LogP contribution in [0.3, 0.4) is 0 Å². The number of carbonyl (C=O) groups excluding carboxylic acids is 3. The van der Waals surface area contributed by atoms with Gasteiger partial charge in [-0.05, 0) is 31.2 Å². The van der Waals surface area contributed by atoms with Crippen molar-refractivity contribution < 1.29 is 19.1 Å². The van der Waals surface area contributed by atoms with Gasteiger partial charge in [0.25, 0.3) is 5.91 Å². The molecule has 0 N–H and O–H groups in total. The van der Waals surface area contributed by atoms with Gasteiger partial charge in [-0.2, -0.15) is 0 Å². The number of nitrogens with zero attached hydrogens (tertiary/aromatic N) is 1. The van der Waals surface area contributed by atoms with E-state index in [4.69, 9.17) is 0 Å². The Hall–Kier alpha value is -1.69. The molecule has 1 aromatic carbocycles. The summed E-state index contributed by atoms with van der Waals surface area (Å²) in [5.74, 6) is -1.25. The molecule has 2 amide bonds. The number of carbonyl (C=O) groups is 3. The Labute approximate surface area is 105 Å². The van der Waals surface area contributed by atoms with Crippen molar-refractivity contribution in [2.75, 3.05) is 0 Å². The van der Waals surface area contributed by atoms with Gasteiger partial charge in [0, 0.05) is 10.0 Å². The lowest BCUT2D eigenvalue weighted by Crippen LogP contribution is -2.38. The lowest BCUT2D eigenvalue weighted by Gasteiger charge is -2.14. The Balaban J connectivity index is 2.29. The van der Waals surface area contributed by atoms with E-state index in [1.807, 2.05) is 0 Å². The van der Waals surface area contributed by atoms with Crippen molar-refractivity contribution in [1.29, 1.82) is 0 Å². The molecule has 1 aromatic rings. The average Bonchev–Trinajstić information content (AvgIpc) is 2.53. The summed E-state index contributed by atoms with van der Waals surface area (Å²) in [4.78, 5) is 35.3. The molecule has 0 bridgehead atoms. The van der Waals surface area contributed by atoms with Gasteiger partial charge < -0.3 is 4.74 Å². The van der Waals surface area contributed by atoms with Crippen LogP contribution in [0, 0.1) is 0 Å². The average molecular weight is 298 g/mol. The normalized spacial score (nSPS) is 19.4. The Morgan fingerprint density at radius 3 is 2.35 bits per heavy atom. The third-order valence-electron chi connectivity index (χ3n) is 2.42. The highest BCUT2D eigenvalue weighted by Gasteiger charge is 2.42. The van der Waals surface area contributed by atoms with Crippen molar-refractivity contribution in [1.82, 2.24) is 4.90 Å². The summed E-state index contributed by atoms with van der Waals surface area (Å²) in [5, 5.41) is 0. The van der Waals surface area contributed by atoms with Gasteiger partial charge in [-0.25, -0.2) is 14.5 Å². The van der Waals surface area contributed by atoms with Crippen LogP contribution in [0.4, 0.5) is 4.79 Å². The van der Waals surface area contributed by atoms with E-state index in [1.165, 1.54) is 6.92 Å². The van der Waals surface area contributed by atoms with Crippen LogP contribution >= 0.6 is 15.9 Å². The number of ether oxygens (including phenoxy) is 1. The summed E-state index contributed by atoms with van der Waals surface area (Å²) in [6.07, 6.45) is -0.921. The Morgan fingerprint density at radius 2 is 1.88 bits per heavy atom. The molecule has 0 spiro atoms. The third-order valence-corrected chi connectivity index (χ3v) is 2.95. The van der Waals surface area contributed by atoms with Crippen LogP contribution in [0.2, 0.25) is 0 Å². The number of imide groups is 1. The lowest BCUT2D eigenvalue weighted by atomic mass is 10.2. The van der Waals surface area contributed by atoms with Gasteiger partial charge in [-0.1, -0.05) is 15.9 Å². The maximum atomic E-state index is 12.0. The van der Waals surface area contributed by atoms with Crippen molar-refractivity contribution in [3.8, 4) is 0 Å². The largest absolute Gasteiger partial charge is 0.425 e. The van der Waals surface area contributed by atoms with E-state index >= 15 is 0 Å². The molecule has 1 aliphatic heterocycles.